The van der Waals surface area contributed by atoms with Gasteiger partial charge in [0.15, 0.2) is 0 Å². The molecule has 1 heterocycles. The van der Waals surface area contributed by atoms with Gasteiger partial charge in [-0.15, -0.1) is 0 Å². The Morgan fingerprint density at radius 3 is 2.63 bits per heavy atom. The van der Waals surface area contributed by atoms with Gasteiger partial charge < -0.3 is 4.90 Å². The van der Waals surface area contributed by atoms with E-state index >= 15 is 0 Å². The number of amides is 1. The molecule has 2 aliphatic carbocycles. The summed E-state index contributed by atoms with van der Waals surface area (Å²) in [5.41, 5.74) is -0.175. The van der Waals surface area contributed by atoms with Gasteiger partial charge in [0.1, 0.15) is 0 Å². The van der Waals surface area contributed by atoms with Gasteiger partial charge in [0.2, 0.25) is 5.91 Å². The van der Waals surface area contributed by atoms with Crippen LogP contribution in [0.25, 0.3) is 0 Å². The van der Waals surface area contributed by atoms with Gasteiger partial charge in [-0.2, -0.15) is 0 Å². The molecular formula is C16H28N2O. The maximum atomic E-state index is 13.0. The Morgan fingerprint density at radius 2 is 2.05 bits per heavy atom. The summed E-state index contributed by atoms with van der Waals surface area (Å²) in [6.45, 7) is 4.55. The van der Waals surface area contributed by atoms with E-state index in [-0.39, 0.29) is 5.54 Å². The molecule has 0 aromatic heterocycles. The molecule has 0 aromatic carbocycles. The lowest BCUT2D eigenvalue weighted by atomic mass is 9.97. The number of hydrogen-bond donors (Lipinski definition) is 1. The van der Waals surface area contributed by atoms with Crippen molar-refractivity contribution in [1.29, 1.82) is 0 Å². The van der Waals surface area contributed by atoms with E-state index in [1.807, 2.05) is 0 Å². The number of nitrogens with zero attached hydrogens (tertiary/aromatic N) is 1. The van der Waals surface area contributed by atoms with Gasteiger partial charge in [0, 0.05) is 6.04 Å². The molecule has 1 saturated heterocycles. The molecule has 3 atom stereocenters. The van der Waals surface area contributed by atoms with Gasteiger partial charge in [-0.3, -0.25) is 10.1 Å². The van der Waals surface area contributed by atoms with Crippen LogP contribution in [0.1, 0.15) is 71.6 Å². The highest BCUT2D eigenvalue weighted by Gasteiger charge is 2.54. The molecule has 1 spiro atoms. The van der Waals surface area contributed by atoms with E-state index in [1.165, 1.54) is 32.1 Å². The van der Waals surface area contributed by atoms with Crippen molar-refractivity contribution in [2.24, 2.45) is 5.92 Å². The van der Waals surface area contributed by atoms with Gasteiger partial charge in [0.05, 0.1) is 11.7 Å². The van der Waals surface area contributed by atoms with Crippen molar-refractivity contribution in [3.63, 3.8) is 0 Å². The molecule has 0 bridgehead atoms. The van der Waals surface area contributed by atoms with Crippen LogP contribution in [-0.4, -0.2) is 28.6 Å². The normalized spacial score (nSPS) is 37.7. The van der Waals surface area contributed by atoms with Crippen LogP contribution < -0.4 is 5.32 Å². The highest BCUT2D eigenvalue weighted by atomic mass is 16.2. The fourth-order valence-electron chi connectivity index (χ4n) is 4.51. The molecule has 3 nitrogen and oxygen atoms in total. The first-order valence-corrected chi connectivity index (χ1v) is 8.27. The van der Waals surface area contributed by atoms with Gasteiger partial charge >= 0.3 is 0 Å². The second-order valence-corrected chi connectivity index (χ2v) is 7.02. The first kappa shape index (κ1) is 13.4. The molecule has 3 unspecified atom stereocenters. The van der Waals surface area contributed by atoms with E-state index in [0.29, 0.717) is 18.1 Å². The van der Waals surface area contributed by atoms with Crippen LogP contribution in [0.2, 0.25) is 0 Å². The predicted molar refractivity (Wildman–Crippen MR) is 76.7 cm³/mol. The summed E-state index contributed by atoms with van der Waals surface area (Å²) >= 11 is 0. The molecule has 2 saturated carbocycles. The summed E-state index contributed by atoms with van der Waals surface area (Å²) in [5, 5.41) is 3.74. The van der Waals surface area contributed by atoms with Crippen molar-refractivity contribution < 1.29 is 4.79 Å². The van der Waals surface area contributed by atoms with E-state index in [1.54, 1.807) is 0 Å². The van der Waals surface area contributed by atoms with Gasteiger partial charge in [0.25, 0.3) is 0 Å². The van der Waals surface area contributed by atoms with Crippen LogP contribution in [-0.2, 0) is 4.79 Å². The molecule has 108 valence electrons. The van der Waals surface area contributed by atoms with Gasteiger partial charge in [-0.1, -0.05) is 33.1 Å². The Bertz CT molecular complexity index is 349. The minimum Gasteiger partial charge on any atom is -0.323 e. The number of hydrogen-bond acceptors (Lipinski definition) is 2. The molecule has 3 aliphatic rings. The summed E-state index contributed by atoms with van der Waals surface area (Å²) in [6, 6.07) is 0.506. The zero-order valence-electron chi connectivity index (χ0n) is 12.5. The number of carbonyl (C=O) groups excluding carboxylic acids is 1. The Kier molecular flexibility index (Phi) is 3.59. The second kappa shape index (κ2) is 5.08. The molecule has 3 rings (SSSR count). The molecule has 1 aliphatic heterocycles. The Balaban J connectivity index is 1.80. The SMILES string of the molecule is CCCC1NC2(CCCC2)C(=O)N1C1CCC(C)C1. The van der Waals surface area contributed by atoms with Crippen LogP contribution in [0, 0.1) is 5.92 Å². The molecule has 0 radical (unpaired) electrons. The molecule has 0 aromatic rings. The van der Waals surface area contributed by atoms with E-state index in [0.717, 1.165) is 31.6 Å². The Labute approximate surface area is 117 Å². The average molecular weight is 264 g/mol. The Hall–Kier alpha value is -0.570. The highest BCUT2D eigenvalue weighted by molar-refractivity contribution is 5.89. The van der Waals surface area contributed by atoms with E-state index in [4.69, 9.17) is 0 Å². The minimum absolute atomic E-state index is 0.175. The molecular weight excluding hydrogens is 236 g/mol. The molecule has 19 heavy (non-hydrogen) atoms. The number of carbonyl (C=O) groups is 1. The van der Waals surface area contributed by atoms with Crippen molar-refractivity contribution in [2.75, 3.05) is 0 Å². The van der Waals surface area contributed by atoms with E-state index < -0.39 is 0 Å². The summed E-state index contributed by atoms with van der Waals surface area (Å²) in [6.07, 6.45) is 10.8. The first-order valence-electron chi connectivity index (χ1n) is 8.27. The van der Waals surface area contributed by atoms with Crippen LogP contribution >= 0.6 is 0 Å². The lowest BCUT2D eigenvalue weighted by Gasteiger charge is -2.30. The lowest BCUT2D eigenvalue weighted by molar-refractivity contribution is -0.135. The van der Waals surface area contributed by atoms with Gasteiger partial charge in [-0.25, -0.2) is 0 Å². The maximum Gasteiger partial charge on any atom is 0.244 e. The lowest BCUT2D eigenvalue weighted by Crippen LogP contribution is -2.45. The quantitative estimate of drug-likeness (QED) is 0.849. The third-order valence-corrected chi connectivity index (χ3v) is 5.50. The molecule has 3 fully saturated rings. The predicted octanol–water partition coefficient (Wildman–Crippen LogP) is 3.05. The standard InChI is InChI=1S/C16H28N2O/c1-3-6-14-17-16(9-4-5-10-16)15(19)18(14)13-8-7-12(2)11-13/h12-14,17H,3-11H2,1-2H3. The third kappa shape index (κ3) is 2.20. The summed E-state index contributed by atoms with van der Waals surface area (Å²) in [5.74, 6) is 1.22. The minimum atomic E-state index is -0.175. The third-order valence-electron chi connectivity index (χ3n) is 5.50. The van der Waals surface area contributed by atoms with Crippen LogP contribution in [0.4, 0.5) is 0 Å². The van der Waals surface area contributed by atoms with Crippen molar-refractivity contribution in [1.82, 2.24) is 10.2 Å². The number of rotatable bonds is 3. The summed E-state index contributed by atoms with van der Waals surface area (Å²) in [4.78, 5) is 15.2. The van der Waals surface area contributed by atoms with Crippen molar-refractivity contribution in [3.05, 3.63) is 0 Å². The maximum absolute atomic E-state index is 13.0. The molecule has 1 amide bonds. The first-order chi connectivity index (χ1) is 9.16. The largest absolute Gasteiger partial charge is 0.323 e. The molecule has 1 N–H and O–H groups in total. The topological polar surface area (TPSA) is 32.3 Å². The van der Waals surface area contributed by atoms with Crippen molar-refractivity contribution in [3.8, 4) is 0 Å². The van der Waals surface area contributed by atoms with E-state index in [9.17, 15) is 4.79 Å². The van der Waals surface area contributed by atoms with Crippen molar-refractivity contribution >= 4 is 5.91 Å². The summed E-state index contributed by atoms with van der Waals surface area (Å²) < 4.78 is 0. The van der Waals surface area contributed by atoms with E-state index in [2.05, 4.69) is 24.1 Å². The average Bonchev–Trinajstić information content (AvgIpc) is 3.05. The fraction of sp³-hybridized carbons (Fsp3) is 0.938. The van der Waals surface area contributed by atoms with Crippen LogP contribution in [0.3, 0.4) is 0 Å². The molecule has 3 heteroatoms. The summed E-state index contributed by atoms with van der Waals surface area (Å²) in [7, 11) is 0. The monoisotopic (exact) mass is 264 g/mol. The van der Waals surface area contributed by atoms with Crippen molar-refractivity contribution in [2.45, 2.75) is 89.4 Å². The fourth-order valence-corrected chi connectivity index (χ4v) is 4.51. The van der Waals surface area contributed by atoms with Gasteiger partial charge in [-0.05, 0) is 44.4 Å². The number of nitrogens with one attached hydrogen (secondary N) is 1. The van der Waals surface area contributed by atoms with Crippen LogP contribution in [0.5, 0.6) is 0 Å². The second-order valence-electron chi connectivity index (χ2n) is 7.02. The smallest absolute Gasteiger partial charge is 0.244 e. The Morgan fingerprint density at radius 1 is 1.32 bits per heavy atom. The highest BCUT2D eigenvalue weighted by Crippen LogP contribution is 2.41. The zero-order valence-corrected chi connectivity index (χ0v) is 12.5. The zero-order chi connectivity index (χ0) is 13.5. The van der Waals surface area contributed by atoms with Crippen LogP contribution in [0.15, 0.2) is 0 Å².